The maximum atomic E-state index is 9.77. The minimum atomic E-state index is -0.0753. The number of aliphatic hydroxyl groups excluding tert-OH is 1. The maximum Gasteiger partial charge on any atom is 0.140 e. The number of benzene rings is 1. The maximum absolute atomic E-state index is 9.77. The fourth-order valence-corrected chi connectivity index (χ4v) is 3.16. The standard InChI is InChI=1S/C16H14BrClN2O/c1-9-5-11(3-4-13(9)18)15-14(8-21)20-7-12(17)6-10(2)16(20)19-15/h3-7,21H,8H2,1-2H3. The quantitative estimate of drug-likeness (QED) is 0.724. The van der Waals surface area contributed by atoms with Gasteiger partial charge in [-0.2, -0.15) is 0 Å². The van der Waals surface area contributed by atoms with Crippen LogP contribution >= 0.6 is 27.5 Å². The van der Waals surface area contributed by atoms with E-state index in [0.717, 1.165) is 43.2 Å². The van der Waals surface area contributed by atoms with Crippen molar-refractivity contribution in [3.05, 3.63) is 56.8 Å². The SMILES string of the molecule is Cc1cc(-c2nc3c(C)cc(Br)cn3c2CO)ccc1Cl. The molecule has 0 bridgehead atoms. The molecule has 21 heavy (non-hydrogen) atoms. The number of imidazole rings is 1. The Kier molecular flexibility index (Phi) is 3.78. The van der Waals surface area contributed by atoms with Crippen molar-refractivity contribution >= 4 is 33.2 Å². The zero-order valence-electron chi connectivity index (χ0n) is 11.7. The highest BCUT2D eigenvalue weighted by Crippen LogP contribution is 2.29. The molecule has 0 spiro atoms. The van der Waals surface area contributed by atoms with Gasteiger partial charge in [-0.1, -0.05) is 17.7 Å². The van der Waals surface area contributed by atoms with Crippen LogP contribution < -0.4 is 0 Å². The van der Waals surface area contributed by atoms with E-state index in [1.165, 1.54) is 0 Å². The third-order valence-corrected chi connectivity index (χ3v) is 4.41. The summed E-state index contributed by atoms with van der Waals surface area (Å²) in [6.45, 7) is 3.89. The van der Waals surface area contributed by atoms with Crippen molar-refractivity contribution in [1.29, 1.82) is 0 Å². The van der Waals surface area contributed by atoms with Gasteiger partial charge in [0.15, 0.2) is 0 Å². The largest absolute Gasteiger partial charge is 0.390 e. The number of pyridine rings is 1. The molecule has 5 heteroatoms. The molecule has 1 N–H and O–H groups in total. The monoisotopic (exact) mass is 364 g/mol. The molecule has 0 atom stereocenters. The molecule has 0 aliphatic rings. The van der Waals surface area contributed by atoms with Gasteiger partial charge >= 0.3 is 0 Å². The average Bonchev–Trinajstić information content (AvgIpc) is 2.80. The van der Waals surface area contributed by atoms with Gasteiger partial charge in [-0.25, -0.2) is 4.98 Å². The fourth-order valence-electron chi connectivity index (χ4n) is 2.49. The predicted octanol–water partition coefficient (Wildman–Crippen LogP) is 4.53. The molecule has 0 aliphatic carbocycles. The van der Waals surface area contributed by atoms with Gasteiger partial charge in [0.1, 0.15) is 5.65 Å². The van der Waals surface area contributed by atoms with E-state index >= 15 is 0 Å². The number of fused-ring (bicyclic) bond motifs is 1. The van der Waals surface area contributed by atoms with Crippen molar-refractivity contribution in [2.75, 3.05) is 0 Å². The second-order valence-corrected chi connectivity index (χ2v) is 6.39. The van der Waals surface area contributed by atoms with Gasteiger partial charge in [0.2, 0.25) is 0 Å². The third-order valence-electron chi connectivity index (χ3n) is 3.55. The van der Waals surface area contributed by atoms with Crippen molar-refractivity contribution in [3.63, 3.8) is 0 Å². The fraction of sp³-hybridized carbons (Fsp3) is 0.188. The van der Waals surface area contributed by atoms with Gasteiger partial charge in [0.05, 0.1) is 18.0 Å². The average molecular weight is 366 g/mol. The van der Waals surface area contributed by atoms with E-state index in [9.17, 15) is 5.11 Å². The van der Waals surface area contributed by atoms with Crippen LogP contribution in [0.5, 0.6) is 0 Å². The highest BCUT2D eigenvalue weighted by molar-refractivity contribution is 9.10. The zero-order chi connectivity index (χ0) is 15.1. The number of halogens is 2. The Morgan fingerprint density at radius 1 is 1.24 bits per heavy atom. The summed E-state index contributed by atoms with van der Waals surface area (Å²) in [5, 5.41) is 10.5. The van der Waals surface area contributed by atoms with Crippen LogP contribution in [0.25, 0.3) is 16.9 Å². The third kappa shape index (κ3) is 2.48. The minimum Gasteiger partial charge on any atom is -0.390 e. The minimum absolute atomic E-state index is 0.0753. The Morgan fingerprint density at radius 3 is 2.67 bits per heavy atom. The lowest BCUT2D eigenvalue weighted by Crippen LogP contribution is -1.95. The normalized spacial score (nSPS) is 11.3. The van der Waals surface area contributed by atoms with Gasteiger partial charge in [-0.15, -0.1) is 0 Å². The number of aryl methyl sites for hydroxylation is 2. The van der Waals surface area contributed by atoms with E-state index in [1.807, 2.05) is 48.7 Å². The first-order valence-electron chi connectivity index (χ1n) is 6.55. The van der Waals surface area contributed by atoms with Gasteiger partial charge < -0.3 is 5.11 Å². The number of aliphatic hydroxyl groups is 1. The Morgan fingerprint density at radius 2 is 2.00 bits per heavy atom. The molecule has 0 fully saturated rings. The predicted molar refractivity (Wildman–Crippen MR) is 88.7 cm³/mol. The Balaban J connectivity index is 2.31. The van der Waals surface area contributed by atoms with Gasteiger partial charge in [0.25, 0.3) is 0 Å². The summed E-state index contributed by atoms with van der Waals surface area (Å²) in [5.74, 6) is 0. The van der Waals surface area contributed by atoms with E-state index in [4.69, 9.17) is 16.6 Å². The van der Waals surface area contributed by atoms with Gasteiger partial charge in [-0.05, 0) is 59.1 Å². The molecule has 1 aromatic carbocycles. The molecule has 0 radical (unpaired) electrons. The van der Waals surface area contributed by atoms with Crippen molar-refractivity contribution in [3.8, 4) is 11.3 Å². The topological polar surface area (TPSA) is 37.5 Å². The molecule has 0 unspecified atom stereocenters. The molecule has 2 aromatic heterocycles. The molecule has 3 nitrogen and oxygen atoms in total. The molecule has 108 valence electrons. The number of aromatic nitrogens is 2. The summed E-state index contributed by atoms with van der Waals surface area (Å²) >= 11 is 9.57. The highest BCUT2D eigenvalue weighted by atomic mass is 79.9. The highest BCUT2D eigenvalue weighted by Gasteiger charge is 2.15. The lowest BCUT2D eigenvalue weighted by atomic mass is 10.1. The van der Waals surface area contributed by atoms with E-state index in [1.54, 1.807) is 0 Å². The Hall–Kier alpha value is -1.36. The van der Waals surface area contributed by atoms with Crippen molar-refractivity contribution in [2.24, 2.45) is 0 Å². The van der Waals surface area contributed by atoms with Crippen LogP contribution in [0, 0.1) is 13.8 Å². The molecular weight excluding hydrogens is 352 g/mol. The van der Waals surface area contributed by atoms with Crippen LogP contribution in [0.2, 0.25) is 5.02 Å². The van der Waals surface area contributed by atoms with Gasteiger partial charge in [0, 0.05) is 21.3 Å². The lowest BCUT2D eigenvalue weighted by Gasteiger charge is -2.05. The number of hydrogen-bond acceptors (Lipinski definition) is 2. The summed E-state index contributed by atoms with van der Waals surface area (Å²) in [5.41, 5.74) is 5.42. The summed E-state index contributed by atoms with van der Waals surface area (Å²) in [7, 11) is 0. The van der Waals surface area contributed by atoms with Crippen LogP contribution in [0.4, 0.5) is 0 Å². The van der Waals surface area contributed by atoms with Crippen LogP contribution in [-0.4, -0.2) is 14.5 Å². The molecule has 0 aliphatic heterocycles. The second kappa shape index (κ2) is 5.44. The number of nitrogens with zero attached hydrogens (tertiary/aromatic N) is 2. The molecule has 3 rings (SSSR count). The van der Waals surface area contributed by atoms with E-state index in [0.29, 0.717) is 0 Å². The summed E-state index contributed by atoms with van der Waals surface area (Å²) in [6, 6.07) is 7.80. The summed E-state index contributed by atoms with van der Waals surface area (Å²) in [4.78, 5) is 4.70. The second-order valence-electron chi connectivity index (χ2n) is 5.06. The van der Waals surface area contributed by atoms with Crippen LogP contribution in [0.1, 0.15) is 16.8 Å². The zero-order valence-corrected chi connectivity index (χ0v) is 14.0. The number of rotatable bonds is 2. The summed E-state index contributed by atoms with van der Waals surface area (Å²) in [6.07, 6.45) is 1.92. The number of hydrogen-bond donors (Lipinski definition) is 1. The Labute approximate surface area is 136 Å². The van der Waals surface area contributed by atoms with Crippen molar-refractivity contribution in [1.82, 2.24) is 9.38 Å². The van der Waals surface area contributed by atoms with Crippen LogP contribution in [-0.2, 0) is 6.61 Å². The van der Waals surface area contributed by atoms with E-state index < -0.39 is 0 Å². The van der Waals surface area contributed by atoms with E-state index in [2.05, 4.69) is 15.9 Å². The molecular formula is C16H14BrClN2O. The molecule has 3 aromatic rings. The van der Waals surface area contributed by atoms with Crippen molar-refractivity contribution in [2.45, 2.75) is 20.5 Å². The first kappa shape index (κ1) is 14.6. The Bertz CT molecular complexity index is 842. The molecule has 0 amide bonds. The first-order chi connectivity index (χ1) is 10.0. The van der Waals surface area contributed by atoms with Crippen molar-refractivity contribution < 1.29 is 5.11 Å². The van der Waals surface area contributed by atoms with Gasteiger partial charge in [-0.3, -0.25) is 4.40 Å². The van der Waals surface area contributed by atoms with E-state index in [-0.39, 0.29) is 6.61 Å². The smallest absolute Gasteiger partial charge is 0.140 e. The first-order valence-corrected chi connectivity index (χ1v) is 7.73. The molecule has 2 heterocycles. The van der Waals surface area contributed by atoms with Crippen LogP contribution in [0.15, 0.2) is 34.9 Å². The lowest BCUT2D eigenvalue weighted by molar-refractivity contribution is 0.276. The summed E-state index contributed by atoms with van der Waals surface area (Å²) < 4.78 is 2.89. The molecule has 0 saturated carbocycles. The van der Waals surface area contributed by atoms with Crippen LogP contribution in [0.3, 0.4) is 0 Å². The molecule has 0 saturated heterocycles.